The van der Waals surface area contributed by atoms with Crippen LogP contribution in [0.4, 0.5) is 0 Å². The lowest BCUT2D eigenvalue weighted by atomic mass is 10.2. The Hall–Kier alpha value is -2.24. The number of furan rings is 1. The fourth-order valence-corrected chi connectivity index (χ4v) is 1.62. The average molecular weight is 236 g/mol. The van der Waals surface area contributed by atoms with Crippen LogP contribution >= 0.6 is 0 Å². The summed E-state index contributed by atoms with van der Waals surface area (Å²) in [5.41, 5.74) is -0.0959. The maximum atomic E-state index is 11.7. The van der Waals surface area contributed by atoms with E-state index in [4.69, 9.17) is 9.52 Å². The number of carboxylic acids is 1. The number of hydrogen-bond acceptors (Lipinski definition) is 3. The summed E-state index contributed by atoms with van der Waals surface area (Å²) >= 11 is 0. The predicted octanol–water partition coefficient (Wildman–Crippen LogP) is 1.01. The van der Waals surface area contributed by atoms with Gasteiger partial charge in [0.1, 0.15) is 11.3 Å². The number of rotatable bonds is 4. The second-order valence-corrected chi connectivity index (χ2v) is 3.56. The number of aryl methyl sites for hydroxylation is 1. The first-order valence-electron chi connectivity index (χ1n) is 5.18. The van der Waals surface area contributed by atoms with E-state index in [2.05, 4.69) is 0 Å². The maximum Gasteiger partial charge on any atom is 0.339 e. The van der Waals surface area contributed by atoms with Crippen molar-refractivity contribution in [2.75, 3.05) is 0 Å². The normalized spacial score (nSPS) is 10.6. The zero-order chi connectivity index (χ0) is 12.4. The highest BCUT2D eigenvalue weighted by Crippen LogP contribution is 2.11. The molecule has 2 aromatic rings. The van der Waals surface area contributed by atoms with Crippen molar-refractivity contribution < 1.29 is 14.3 Å². The lowest BCUT2D eigenvalue weighted by Crippen LogP contribution is -2.24. The van der Waals surface area contributed by atoms with Gasteiger partial charge in [-0.25, -0.2) is 9.59 Å². The molecule has 0 aromatic carbocycles. The van der Waals surface area contributed by atoms with Crippen LogP contribution < -0.4 is 5.69 Å². The largest absolute Gasteiger partial charge is 0.478 e. The van der Waals surface area contributed by atoms with Crippen LogP contribution in [-0.2, 0) is 13.1 Å². The van der Waals surface area contributed by atoms with Crippen molar-refractivity contribution in [2.24, 2.45) is 0 Å². The lowest BCUT2D eigenvalue weighted by molar-refractivity contribution is 0.0694. The van der Waals surface area contributed by atoms with Gasteiger partial charge in [-0.1, -0.05) is 0 Å². The molecule has 0 bridgehead atoms. The molecule has 6 nitrogen and oxygen atoms in total. The highest BCUT2D eigenvalue weighted by Gasteiger charge is 2.14. The van der Waals surface area contributed by atoms with Crippen molar-refractivity contribution in [1.82, 2.24) is 9.13 Å². The second kappa shape index (κ2) is 4.32. The monoisotopic (exact) mass is 236 g/mol. The number of nitrogens with zero attached hydrogens (tertiary/aromatic N) is 2. The van der Waals surface area contributed by atoms with Crippen LogP contribution in [-0.4, -0.2) is 20.2 Å². The van der Waals surface area contributed by atoms with Gasteiger partial charge in [-0.3, -0.25) is 9.13 Å². The number of carboxylic acid groups (broad SMARTS) is 1. The molecule has 90 valence electrons. The van der Waals surface area contributed by atoms with Crippen molar-refractivity contribution in [3.63, 3.8) is 0 Å². The first kappa shape index (κ1) is 11.3. The molecule has 2 aromatic heterocycles. The molecule has 2 heterocycles. The Morgan fingerprint density at radius 3 is 2.71 bits per heavy atom. The van der Waals surface area contributed by atoms with E-state index in [0.717, 1.165) is 0 Å². The van der Waals surface area contributed by atoms with Gasteiger partial charge in [0.25, 0.3) is 0 Å². The Kier molecular flexibility index (Phi) is 2.86. The molecule has 0 aliphatic rings. The first-order valence-corrected chi connectivity index (χ1v) is 5.18. The molecule has 0 saturated heterocycles. The highest BCUT2D eigenvalue weighted by atomic mass is 16.4. The molecular formula is C11H12N2O4. The van der Waals surface area contributed by atoms with E-state index in [1.54, 1.807) is 12.4 Å². The van der Waals surface area contributed by atoms with E-state index in [0.29, 0.717) is 6.54 Å². The minimum absolute atomic E-state index is 0.0844. The third-order valence-corrected chi connectivity index (χ3v) is 2.55. The number of carbonyl (C=O) groups is 1. The van der Waals surface area contributed by atoms with Crippen LogP contribution in [0.5, 0.6) is 0 Å². The second-order valence-electron chi connectivity index (χ2n) is 3.56. The molecule has 0 spiro atoms. The average Bonchev–Trinajstić information content (AvgIpc) is 2.88. The van der Waals surface area contributed by atoms with Gasteiger partial charge in [-0.05, 0) is 13.0 Å². The van der Waals surface area contributed by atoms with Crippen molar-refractivity contribution in [2.45, 2.75) is 20.0 Å². The van der Waals surface area contributed by atoms with Crippen molar-refractivity contribution in [1.29, 1.82) is 0 Å². The van der Waals surface area contributed by atoms with Crippen molar-refractivity contribution in [3.05, 3.63) is 46.5 Å². The third kappa shape index (κ3) is 2.01. The lowest BCUT2D eigenvalue weighted by Gasteiger charge is -2.00. The minimum Gasteiger partial charge on any atom is -0.478 e. The van der Waals surface area contributed by atoms with E-state index >= 15 is 0 Å². The van der Waals surface area contributed by atoms with Gasteiger partial charge in [0, 0.05) is 18.9 Å². The summed E-state index contributed by atoms with van der Waals surface area (Å²) in [6, 6.07) is 1.37. The molecule has 0 atom stereocenters. The Morgan fingerprint density at radius 1 is 1.41 bits per heavy atom. The molecule has 0 aliphatic carbocycles. The molecule has 17 heavy (non-hydrogen) atoms. The SMILES string of the molecule is CCn1ccn(Cc2occc2C(=O)O)c1=O. The maximum absolute atomic E-state index is 11.7. The summed E-state index contributed by atoms with van der Waals surface area (Å²) in [6.45, 7) is 2.57. The van der Waals surface area contributed by atoms with E-state index in [-0.39, 0.29) is 23.6 Å². The molecule has 2 rings (SSSR count). The summed E-state index contributed by atoms with van der Waals surface area (Å²) in [6.07, 6.45) is 4.58. The highest BCUT2D eigenvalue weighted by molar-refractivity contribution is 5.88. The first-order chi connectivity index (χ1) is 8.13. The Morgan fingerprint density at radius 2 is 2.12 bits per heavy atom. The molecule has 0 saturated carbocycles. The van der Waals surface area contributed by atoms with E-state index in [1.807, 2.05) is 6.92 Å². The Balaban J connectivity index is 2.32. The van der Waals surface area contributed by atoms with E-state index in [9.17, 15) is 9.59 Å². The van der Waals surface area contributed by atoms with Gasteiger partial charge in [0.05, 0.1) is 12.8 Å². The number of hydrogen-bond donors (Lipinski definition) is 1. The van der Waals surface area contributed by atoms with Gasteiger partial charge in [-0.2, -0.15) is 0 Å². The molecular weight excluding hydrogens is 224 g/mol. The minimum atomic E-state index is -1.06. The van der Waals surface area contributed by atoms with Crippen molar-refractivity contribution >= 4 is 5.97 Å². The van der Waals surface area contributed by atoms with Crippen LogP contribution in [0.1, 0.15) is 23.0 Å². The van der Waals surface area contributed by atoms with Gasteiger partial charge < -0.3 is 9.52 Å². The summed E-state index contributed by atoms with van der Waals surface area (Å²) in [5, 5.41) is 8.90. The van der Waals surface area contributed by atoms with E-state index in [1.165, 1.54) is 21.5 Å². The molecule has 0 radical (unpaired) electrons. The third-order valence-electron chi connectivity index (χ3n) is 2.55. The molecule has 6 heteroatoms. The number of aromatic nitrogens is 2. The molecule has 1 N–H and O–H groups in total. The number of imidazole rings is 1. The zero-order valence-electron chi connectivity index (χ0n) is 9.29. The van der Waals surface area contributed by atoms with E-state index < -0.39 is 5.97 Å². The molecule has 0 aliphatic heterocycles. The molecule has 0 unspecified atom stereocenters. The van der Waals surface area contributed by atoms with Crippen LogP contribution in [0.2, 0.25) is 0 Å². The van der Waals surface area contributed by atoms with Crippen LogP contribution in [0, 0.1) is 0 Å². The summed E-state index contributed by atoms with van der Waals surface area (Å²) < 4.78 is 8.02. The van der Waals surface area contributed by atoms with Crippen LogP contribution in [0.15, 0.2) is 33.9 Å². The van der Waals surface area contributed by atoms with Gasteiger partial charge >= 0.3 is 11.7 Å². The fraction of sp³-hybridized carbons (Fsp3) is 0.273. The quantitative estimate of drug-likeness (QED) is 0.859. The summed E-state index contributed by atoms with van der Waals surface area (Å²) in [5.74, 6) is -0.787. The predicted molar refractivity (Wildman–Crippen MR) is 59.1 cm³/mol. The van der Waals surface area contributed by atoms with Gasteiger partial charge in [0.15, 0.2) is 0 Å². The fourth-order valence-electron chi connectivity index (χ4n) is 1.62. The molecule has 0 fully saturated rings. The van der Waals surface area contributed by atoms with Crippen molar-refractivity contribution in [3.8, 4) is 0 Å². The zero-order valence-corrected chi connectivity index (χ0v) is 9.29. The summed E-state index contributed by atoms with van der Waals surface area (Å²) in [4.78, 5) is 22.6. The van der Waals surface area contributed by atoms with Crippen LogP contribution in [0.3, 0.4) is 0 Å². The van der Waals surface area contributed by atoms with Gasteiger partial charge in [0.2, 0.25) is 0 Å². The molecule has 0 amide bonds. The number of aromatic carboxylic acids is 1. The smallest absolute Gasteiger partial charge is 0.339 e. The standard InChI is InChI=1S/C11H12N2O4/c1-2-12-4-5-13(11(12)16)7-9-8(10(14)15)3-6-17-9/h3-6H,2,7H2,1H3,(H,14,15). The van der Waals surface area contributed by atoms with Crippen LogP contribution in [0.25, 0.3) is 0 Å². The summed E-state index contributed by atoms with van der Waals surface area (Å²) in [7, 11) is 0. The Labute approximate surface area is 96.7 Å². The topological polar surface area (TPSA) is 77.4 Å². The van der Waals surface area contributed by atoms with Gasteiger partial charge in [-0.15, -0.1) is 0 Å². The Bertz CT molecular complexity index is 591.